The SMILES string of the molecule is O=C(COC(=O)c1ccc(Cl)cc1Cl)NCC1(c2ccccc2)CC1. The molecular weight excluding hydrogens is 361 g/mol. The van der Waals surface area contributed by atoms with Gasteiger partial charge in [-0.1, -0.05) is 53.5 Å². The second kappa shape index (κ2) is 7.46. The van der Waals surface area contributed by atoms with E-state index in [-0.39, 0.29) is 28.5 Å². The molecule has 2 aromatic rings. The van der Waals surface area contributed by atoms with Gasteiger partial charge in [0, 0.05) is 17.0 Å². The van der Waals surface area contributed by atoms with Crippen molar-refractivity contribution in [3.8, 4) is 0 Å². The summed E-state index contributed by atoms with van der Waals surface area (Å²) in [5, 5.41) is 3.46. The highest BCUT2D eigenvalue weighted by Crippen LogP contribution is 2.47. The third kappa shape index (κ3) is 4.33. The van der Waals surface area contributed by atoms with Crippen LogP contribution >= 0.6 is 23.2 Å². The van der Waals surface area contributed by atoms with Gasteiger partial charge in [-0.2, -0.15) is 0 Å². The van der Waals surface area contributed by atoms with Gasteiger partial charge in [0.1, 0.15) is 0 Å². The molecular formula is C19H17Cl2NO3. The molecule has 6 heteroatoms. The Hall–Kier alpha value is -2.04. The van der Waals surface area contributed by atoms with Crippen molar-refractivity contribution in [3.05, 3.63) is 69.7 Å². The summed E-state index contributed by atoms with van der Waals surface area (Å²) in [7, 11) is 0. The normalized spacial score (nSPS) is 14.6. The maximum atomic E-state index is 12.0. The fraction of sp³-hybridized carbons (Fsp3) is 0.263. The van der Waals surface area contributed by atoms with E-state index in [0.29, 0.717) is 11.6 Å². The maximum absolute atomic E-state index is 12.0. The highest BCUT2D eigenvalue weighted by atomic mass is 35.5. The molecule has 1 fully saturated rings. The van der Waals surface area contributed by atoms with Crippen LogP contribution in [-0.2, 0) is 14.9 Å². The molecule has 0 bridgehead atoms. The van der Waals surface area contributed by atoms with Crippen LogP contribution in [0, 0.1) is 0 Å². The second-order valence-electron chi connectivity index (χ2n) is 6.12. The van der Waals surface area contributed by atoms with Crippen LogP contribution in [0.4, 0.5) is 0 Å². The van der Waals surface area contributed by atoms with E-state index in [1.165, 1.54) is 17.7 Å². The Balaban J connectivity index is 1.49. The number of amides is 1. The molecule has 1 aliphatic rings. The van der Waals surface area contributed by atoms with E-state index in [0.717, 1.165) is 12.8 Å². The molecule has 4 nitrogen and oxygen atoms in total. The van der Waals surface area contributed by atoms with Gasteiger partial charge in [-0.25, -0.2) is 4.79 Å². The lowest BCUT2D eigenvalue weighted by Gasteiger charge is -2.16. The van der Waals surface area contributed by atoms with Crippen molar-refractivity contribution in [2.24, 2.45) is 0 Å². The number of hydrogen-bond acceptors (Lipinski definition) is 3. The van der Waals surface area contributed by atoms with Crippen molar-refractivity contribution in [2.75, 3.05) is 13.2 Å². The average Bonchev–Trinajstić information content (AvgIpc) is 3.40. The zero-order valence-electron chi connectivity index (χ0n) is 13.4. The lowest BCUT2D eigenvalue weighted by atomic mass is 9.96. The molecule has 0 aromatic heterocycles. The van der Waals surface area contributed by atoms with Crippen molar-refractivity contribution in [1.82, 2.24) is 5.32 Å². The Morgan fingerprint density at radius 3 is 2.44 bits per heavy atom. The van der Waals surface area contributed by atoms with Gasteiger partial charge in [0.2, 0.25) is 0 Å². The molecule has 0 spiro atoms. The molecule has 25 heavy (non-hydrogen) atoms. The van der Waals surface area contributed by atoms with Crippen molar-refractivity contribution in [1.29, 1.82) is 0 Å². The Morgan fingerprint density at radius 1 is 1.08 bits per heavy atom. The summed E-state index contributed by atoms with van der Waals surface area (Å²) in [6.07, 6.45) is 2.08. The van der Waals surface area contributed by atoms with Crippen molar-refractivity contribution >= 4 is 35.1 Å². The number of carbonyl (C=O) groups is 2. The molecule has 0 atom stereocenters. The Bertz CT molecular complexity index is 789. The number of benzene rings is 2. The fourth-order valence-corrected chi connectivity index (χ4v) is 3.18. The number of ether oxygens (including phenoxy) is 1. The quantitative estimate of drug-likeness (QED) is 0.774. The van der Waals surface area contributed by atoms with Crippen molar-refractivity contribution < 1.29 is 14.3 Å². The smallest absolute Gasteiger partial charge is 0.340 e. The van der Waals surface area contributed by atoms with Gasteiger partial charge in [-0.05, 0) is 36.6 Å². The minimum absolute atomic E-state index is 0.0143. The van der Waals surface area contributed by atoms with E-state index in [9.17, 15) is 9.59 Å². The number of hydrogen-bond donors (Lipinski definition) is 1. The van der Waals surface area contributed by atoms with Crippen LogP contribution in [0.3, 0.4) is 0 Å². The van der Waals surface area contributed by atoms with E-state index >= 15 is 0 Å². The Labute approximate surface area is 156 Å². The largest absolute Gasteiger partial charge is 0.452 e. The van der Waals surface area contributed by atoms with Gasteiger partial charge in [0.15, 0.2) is 6.61 Å². The first-order chi connectivity index (χ1) is 12.0. The van der Waals surface area contributed by atoms with E-state index < -0.39 is 5.97 Å². The first-order valence-corrected chi connectivity index (χ1v) is 8.70. The molecule has 0 unspecified atom stereocenters. The molecule has 2 aromatic carbocycles. The van der Waals surface area contributed by atoms with Gasteiger partial charge >= 0.3 is 5.97 Å². The van der Waals surface area contributed by atoms with Crippen LogP contribution in [0.15, 0.2) is 48.5 Å². The molecule has 1 amide bonds. The maximum Gasteiger partial charge on any atom is 0.340 e. The lowest BCUT2D eigenvalue weighted by Crippen LogP contribution is -2.35. The molecule has 1 saturated carbocycles. The molecule has 0 radical (unpaired) electrons. The van der Waals surface area contributed by atoms with Gasteiger partial charge in [-0.15, -0.1) is 0 Å². The summed E-state index contributed by atoms with van der Waals surface area (Å²) in [5.74, 6) is -0.985. The van der Waals surface area contributed by atoms with Crippen LogP contribution in [-0.4, -0.2) is 25.0 Å². The van der Waals surface area contributed by atoms with E-state index in [1.807, 2.05) is 18.2 Å². The predicted octanol–water partition coefficient (Wildman–Crippen LogP) is 4.00. The number of halogens is 2. The zero-order valence-corrected chi connectivity index (χ0v) is 14.9. The van der Waals surface area contributed by atoms with Crippen LogP contribution in [0.5, 0.6) is 0 Å². The number of nitrogens with one attached hydrogen (secondary N) is 1. The number of carbonyl (C=O) groups excluding carboxylic acids is 2. The number of esters is 1. The van der Waals surface area contributed by atoms with Crippen LogP contribution in [0.1, 0.15) is 28.8 Å². The Kier molecular flexibility index (Phi) is 5.30. The molecule has 0 heterocycles. The summed E-state index contributed by atoms with van der Waals surface area (Å²) >= 11 is 11.7. The Morgan fingerprint density at radius 2 is 1.80 bits per heavy atom. The molecule has 1 aliphatic carbocycles. The van der Waals surface area contributed by atoms with E-state index in [2.05, 4.69) is 17.4 Å². The standard InChI is InChI=1S/C19H17Cl2NO3/c20-14-6-7-15(16(21)10-14)18(24)25-11-17(23)22-12-19(8-9-19)13-4-2-1-3-5-13/h1-7,10H,8-9,11-12H2,(H,22,23). The highest BCUT2D eigenvalue weighted by Gasteiger charge is 2.44. The summed E-state index contributed by atoms with van der Waals surface area (Å²) < 4.78 is 5.02. The molecule has 0 saturated heterocycles. The topological polar surface area (TPSA) is 55.4 Å². The van der Waals surface area contributed by atoms with Gasteiger partial charge < -0.3 is 10.1 Å². The van der Waals surface area contributed by atoms with Crippen molar-refractivity contribution in [3.63, 3.8) is 0 Å². The summed E-state index contributed by atoms with van der Waals surface area (Å²) in [6.45, 7) is 0.192. The summed E-state index contributed by atoms with van der Waals surface area (Å²) in [6, 6.07) is 14.6. The molecule has 0 aliphatic heterocycles. The highest BCUT2D eigenvalue weighted by molar-refractivity contribution is 6.36. The van der Waals surface area contributed by atoms with Crippen LogP contribution < -0.4 is 5.32 Å². The second-order valence-corrected chi connectivity index (χ2v) is 6.97. The third-order valence-corrected chi connectivity index (χ3v) is 4.90. The summed E-state index contributed by atoms with van der Waals surface area (Å²) in [4.78, 5) is 24.0. The van der Waals surface area contributed by atoms with Crippen LogP contribution in [0.2, 0.25) is 10.0 Å². The minimum Gasteiger partial charge on any atom is -0.452 e. The van der Waals surface area contributed by atoms with E-state index in [1.54, 1.807) is 6.07 Å². The minimum atomic E-state index is -0.652. The average molecular weight is 378 g/mol. The predicted molar refractivity (Wildman–Crippen MR) is 97.1 cm³/mol. The molecule has 130 valence electrons. The zero-order chi connectivity index (χ0) is 17.9. The molecule has 1 N–H and O–H groups in total. The van der Waals surface area contributed by atoms with Gasteiger partial charge in [-0.3, -0.25) is 4.79 Å². The third-order valence-electron chi connectivity index (χ3n) is 4.35. The summed E-state index contributed by atoms with van der Waals surface area (Å²) in [5.41, 5.74) is 1.42. The fourth-order valence-electron chi connectivity index (χ4n) is 2.69. The number of rotatable bonds is 6. The van der Waals surface area contributed by atoms with E-state index in [4.69, 9.17) is 27.9 Å². The monoisotopic (exact) mass is 377 g/mol. The van der Waals surface area contributed by atoms with Gasteiger partial charge in [0.05, 0.1) is 10.6 Å². The molecule has 3 rings (SSSR count). The van der Waals surface area contributed by atoms with Crippen molar-refractivity contribution in [2.45, 2.75) is 18.3 Å². The van der Waals surface area contributed by atoms with Crippen LogP contribution in [0.25, 0.3) is 0 Å². The van der Waals surface area contributed by atoms with Gasteiger partial charge in [0.25, 0.3) is 5.91 Å². The first-order valence-electron chi connectivity index (χ1n) is 7.95. The first kappa shape index (κ1) is 17.8. The lowest BCUT2D eigenvalue weighted by molar-refractivity contribution is -0.124.